The quantitative estimate of drug-likeness (QED) is 0.590. The predicted molar refractivity (Wildman–Crippen MR) is 81.2 cm³/mol. The van der Waals surface area contributed by atoms with Crippen molar-refractivity contribution < 1.29 is 40.8 Å². The Bertz CT molecular complexity index is 513. The third-order valence-electron chi connectivity index (χ3n) is 3.37. The summed E-state index contributed by atoms with van der Waals surface area (Å²) in [4.78, 5) is 10.1. The minimum absolute atomic E-state index is 0. The van der Waals surface area contributed by atoms with Gasteiger partial charge in [-0.3, -0.25) is 0 Å². The van der Waals surface area contributed by atoms with Crippen molar-refractivity contribution in [2.75, 3.05) is 7.11 Å². The van der Waals surface area contributed by atoms with Gasteiger partial charge in [-0.15, -0.1) is 0 Å². The van der Waals surface area contributed by atoms with E-state index in [2.05, 4.69) is 0 Å². The summed E-state index contributed by atoms with van der Waals surface area (Å²) in [7, 11) is 1.38. The Morgan fingerprint density at radius 3 is 2.26 bits per heavy atom. The number of carboxylic acids is 1. The largest absolute Gasteiger partial charge is 4.00 e. The van der Waals surface area contributed by atoms with E-state index < -0.39 is 5.97 Å². The molecule has 1 aromatic rings. The molecule has 23 heavy (non-hydrogen) atoms. The summed E-state index contributed by atoms with van der Waals surface area (Å²) < 4.78 is 4.78. The van der Waals surface area contributed by atoms with E-state index in [4.69, 9.17) is 16.2 Å². The molecule has 0 saturated heterocycles. The van der Waals surface area contributed by atoms with Crippen molar-refractivity contribution in [3.63, 3.8) is 0 Å². The summed E-state index contributed by atoms with van der Waals surface area (Å²) in [5.74, 6) is -1.33. The average molecular weight is 499 g/mol. The summed E-state index contributed by atoms with van der Waals surface area (Å²) in [5.41, 5.74) is 15.2. The third kappa shape index (κ3) is 8.16. The van der Waals surface area contributed by atoms with Crippen LogP contribution in [-0.2, 0) is 25.9 Å². The number of ether oxygens (including phenoxy) is 1. The van der Waals surface area contributed by atoms with Gasteiger partial charge in [-0.25, -0.2) is 0 Å². The maximum atomic E-state index is 11.1. The first-order valence-corrected chi connectivity index (χ1v) is 7.10. The predicted octanol–water partition coefficient (Wildman–Crippen LogP) is 1.93. The molecule has 0 aliphatic heterocycles. The van der Waals surface area contributed by atoms with Gasteiger partial charge < -0.3 is 31.2 Å². The molecule has 1 aliphatic rings. The van der Waals surface area contributed by atoms with Crippen LogP contribution < -0.4 is 14.9 Å². The zero-order valence-electron chi connectivity index (χ0n) is 12.8. The van der Waals surface area contributed by atoms with Crippen molar-refractivity contribution in [1.82, 2.24) is 0 Å². The molecule has 2 N–H and O–H groups in total. The first-order valence-electron chi connectivity index (χ1n) is 7.10. The minimum Gasteiger partial charge on any atom is -0.870 e. The smallest absolute Gasteiger partial charge is 0.870 e. The molecule has 128 valence electrons. The molecule has 0 aromatic heterocycles. The molecule has 0 bridgehead atoms. The van der Waals surface area contributed by atoms with E-state index >= 15 is 0 Å². The zero-order valence-corrected chi connectivity index (χ0v) is 15.1. The van der Waals surface area contributed by atoms with E-state index in [0.29, 0.717) is 5.56 Å². The SMILES string of the molecule is COc1cc(/C=C\C(=O)[O-])ccc1[O-].[NH-][C@@H]1CCCC[C@H]1[NH-].[Pt+4]. The molecule has 0 radical (unpaired) electrons. The Labute approximate surface area is 150 Å². The van der Waals surface area contributed by atoms with Crippen LogP contribution in [0.25, 0.3) is 17.5 Å². The number of nitrogens with one attached hydrogen (secondary N) is 2. The number of methoxy groups -OCH3 is 1. The van der Waals surface area contributed by atoms with Gasteiger partial charge in [0.05, 0.1) is 13.1 Å². The number of carboxylic acid groups (broad SMARTS) is 1. The molecular formula is C16H20N2O4Pt. The molecule has 7 heteroatoms. The number of rotatable bonds is 3. The van der Waals surface area contributed by atoms with Crippen LogP contribution in [0.15, 0.2) is 24.3 Å². The van der Waals surface area contributed by atoms with E-state index in [1.165, 1.54) is 44.2 Å². The van der Waals surface area contributed by atoms with Gasteiger partial charge in [0.2, 0.25) is 0 Å². The summed E-state index contributed by atoms with van der Waals surface area (Å²) in [5, 5.41) is 21.2. The first-order chi connectivity index (χ1) is 10.4. The molecule has 0 heterocycles. The fraction of sp³-hybridized carbons (Fsp3) is 0.438. The van der Waals surface area contributed by atoms with Gasteiger partial charge in [0.1, 0.15) is 5.75 Å². The van der Waals surface area contributed by atoms with Crippen LogP contribution in [0.4, 0.5) is 0 Å². The maximum Gasteiger partial charge on any atom is 4.00 e. The molecule has 1 aliphatic carbocycles. The van der Waals surface area contributed by atoms with Gasteiger partial charge in [0.25, 0.3) is 0 Å². The fourth-order valence-electron chi connectivity index (χ4n) is 2.08. The van der Waals surface area contributed by atoms with Crippen LogP contribution in [0.2, 0.25) is 0 Å². The van der Waals surface area contributed by atoms with Crippen LogP contribution >= 0.6 is 0 Å². The Balaban J connectivity index is 0.000000460. The molecule has 6 nitrogen and oxygen atoms in total. The van der Waals surface area contributed by atoms with Crippen molar-refractivity contribution in [2.24, 2.45) is 0 Å². The van der Waals surface area contributed by atoms with Gasteiger partial charge in [-0.05, 0) is 17.7 Å². The van der Waals surface area contributed by atoms with Crippen molar-refractivity contribution in [2.45, 2.75) is 37.8 Å². The summed E-state index contributed by atoms with van der Waals surface area (Å²) >= 11 is 0. The van der Waals surface area contributed by atoms with E-state index in [-0.39, 0.29) is 44.6 Å². The molecule has 1 fully saturated rings. The minimum atomic E-state index is -1.28. The number of hydrogen-bond donors (Lipinski definition) is 0. The fourth-order valence-corrected chi connectivity index (χ4v) is 2.08. The normalized spacial score (nSPS) is 20.1. The van der Waals surface area contributed by atoms with Crippen LogP contribution in [-0.4, -0.2) is 25.2 Å². The molecule has 2 rings (SSSR count). The second-order valence-corrected chi connectivity index (χ2v) is 5.06. The number of carbonyl (C=O) groups excluding carboxylic acids is 1. The summed E-state index contributed by atoms with van der Waals surface area (Å²) in [6.45, 7) is 0. The van der Waals surface area contributed by atoms with Crippen molar-refractivity contribution >= 4 is 12.0 Å². The van der Waals surface area contributed by atoms with Gasteiger partial charge in [-0.2, -0.15) is 12.1 Å². The Morgan fingerprint density at radius 1 is 1.26 bits per heavy atom. The first kappa shape index (κ1) is 21.6. The topological polar surface area (TPSA) is 120 Å². The van der Waals surface area contributed by atoms with E-state index in [1.807, 2.05) is 0 Å². The third-order valence-corrected chi connectivity index (χ3v) is 3.37. The molecule has 0 spiro atoms. The Kier molecular flexibility index (Phi) is 10.6. The zero-order chi connectivity index (χ0) is 16.5. The summed E-state index contributed by atoms with van der Waals surface area (Å²) in [6, 6.07) is 4.12. The molecule has 0 amide bonds. The van der Waals surface area contributed by atoms with Crippen molar-refractivity contribution in [1.29, 1.82) is 0 Å². The molecule has 1 saturated carbocycles. The Hall–Kier alpha value is -1.36. The molecule has 2 atom stereocenters. The van der Waals surface area contributed by atoms with E-state index in [0.717, 1.165) is 18.9 Å². The van der Waals surface area contributed by atoms with Crippen molar-refractivity contribution in [3.05, 3.63) is 41.3 Å². The van der Waals surface area contributed by atoms with Gasteiger partial charge in [-0.1, -0.05) is 49.6 Å². The second-order valence-electron chi connectivity index (χ2n) is 5.06. The number of benzene rings is 1. The van der Waals surface area contributed by atoms with Crippen LogP contribution in [0.3, 0.4) is 0 Å². The molecule has 0 unspecified atom stereocenters. The van der Waals surface area contributed by atoms with Gasteiger partial charge >= 0.3 is 21.1 Å². The average Bonchev–Trinajstić information content (AvgIpc) is 2.50. The number of hydrogen-bond acceptors (Lipinski definition) is 4. The van der Waals surface area contributed by atoms with Crippen LogP contribution in [0.1, 0.15) is 31.2 Å². The van der Waals surface area contributed by atoms with E-state index in [9.17, 15) is 15.0 Å². The second kappa shape index (κ2) is 11.2. The van der Waals surface area contributed by atoms with E-state index in [1.54, 1.807) is 0 Å². The van der Waals surface area contributed by atoms with Crippen molar-refractivity contribution in [3.8, 4) is 11.5 Å². The molecule has 1 aromatic carbocycles. The number of carbonyl (C=O) groups is 1. The monoisotopic (exact) mass is 499 g/mol. The number of aliphatic carboxylic acids is 1. The maximum absolute atomic E-state index is 11.1. The van der Waals surface area contributed by atoms with Crippen LogP contribution in [0, 0.1) is 0 Å². The standard InChI is InChI=1S/C10H10O4.C6H12N2.Pt/c1-14-9-6-7(2-4-8(9)11)3-5-10(12)13;7-5-3-1-2-4-6(5)8;/h2-6,11H,1H3,(H,12,13);5-8H,1-4H2;/q;-2;+4/p-2/b5-3-;;/t;5-,6-;/m.1./s1. The van der Waals surface area contributed by atoms with Crippen LogP contribution in [0.5, 0.6) is 11.5 Å². The van der Waals surface area contributed by atoms with Gasteiger partial charge in [0.15, 0.2) is 0 Å². The van der Waals surface area contributed by atoms with Gasteiger partial charge in [0, 0.05) is 0 Å². The summed E-state index contributed by atoms with van der Waals surface area (Å²) in [6.07, 6.45) is 6.46. The molecular weight excluding hydrogens is 479 g/mol. The Morgan fingerprint density at radius 2 is 1.83 bits per heavy atom.